The Balaban J connectivity index is 2.40. The lowest BCUT2D eigenvalue weighted by atomic mass is 10.1. The van der Waals surface area contributed by atoms with Crippen molar-refractivity contribution in [2.24, 2.45) is 0 Å². The van der Waals surface area contributed by atoms with Gasteiger partial charge in [0, 0.05) is 19.1 Å². The van der Waals surface area contributed by atoms with E-state index in [1.165, 1.54) is 38.5 Å². The summed E-state index contributed by atoms with van der Waals surface area (Å²) in [7, 11) is 2.11. The molecule has 0 aromatic carbocycles. The van der Waals surface area contributed by atoms with Gasteiger partial charge in [0.05, 0.1) is 6.54 Å². The Bertz CT molecular complexity index is 218. The fraction of sp³-hybridized carbons (Fsp3) is 0.929. The second kappa shape index (κ2) is 7.70. The molecule has 3 nitrogen and oxygen atoms in total. The van der Waals surface area contributed by atoms with Crippen molar-refractivity contribution in [1.82, 2.24) is 9.80 Å². The molecule has 3 heteroatoms. The van der Waals surface area contributed by atoms with Crippen molar-refractivity contribution in [3.8, 4) is 0 Å². The molecule has 1 aliphatic rings. The maximum absolute atomic E-state index is 12.0. The maximum Gasteiger partial charge on any atom is 0.236 e. The molecule has 0 aromatic heterocycles. The minimum Gasteiger partial charge on any atom is -0.342 e. The van der Waals surface area contributed by atoms with E-state index in [4.69, 9.17) is 0 Å². The van der Waals surface area contributed by atoms with Gasteiger partial charge >= 0.3 is 0 Å². The molecule has 0 aliphatic heterocycles. The maximum atomic E-state index is 12.0. The van der Waals surface area contributed by atoms with Crippen molar-refractivity contribution in [2.75, 3.05) is 26.7 Å². The quantitative estimate of drug-likeness (QED) is 0.689. The summed E-state index contributed by atoms with van der Waals surface area (Å²) in [5.74, 6) is 0.279. The SMILES string of the molecule is CCN(CC)C(=O)CN(C)C1CCCCCC1. The molecule has 0 aromatic rings. The van der Waals surface area contributed by atoms with Crippen LogP contribution in [0.5, 0.6) is 0 Å². The highest BCUT2D eigenvalue weighted by Crippen LogP contribution is 2.20. The molecule has 1 amide bonds. The molecular weight excluding hydrogens is 212 g/mol. The predicted molar refractivity (Wildman–Crippen MR) is 72.0 cm³/mol. The van der Waals surface area contributed by atoms with E-state index in [1.807, 2.05) is 18.7 Å². The first-order chi connectivity index (χ1) is 8.19. The smallest absolute Gasteiger partial charge is 0.236 e. The molecule has 0 heterocycles. The minimum atomic E-state index is 0.279. The van der Waals surface area contributed by atoms with E-state index >= 15 is 0 Å². The summed E-state index contributed by atoms with van der Waals surface area (Å²) in [5, 5.41) is 0. The highest BCUT2D eigenvalue weighted by Gasteiger charge is 2.20. The van der Waals surface area contributed by atoms with Crippen molar-refractivity contribution in [3.63, 3.8) is 0 Å². The van der Waals surface area contributed by atoms with E-state index < -0.39 is 0 Å². The van der Waals surface area contributed by atoms with Crippen LogP contribution in [-0.2, 0) is 4.79 Å². The average Bonchev–Trinajstić information content (AvgIpc) is 2.59. The van der Waals surface area contributed by atoms with E-state index in [9.17, 15) is 4.79 Å². The van der Waals surface area contributed by atoms with Crippen LogP contribution in [0, 0.1) is 0 Å². The van der Waals surface area contributed by atoms with Crippen LogP contribution in [0.4, 0.5) is 0 Å². The molecule has 0 saturated heterocycles. The number of hydrogen-bond acceptors (Lipinski definition) is 2. The highest BCUT2D eigenvalue weighted by atomic mass is 16.2. The molecule has 0 radical (unpaired) electrons. The lowest BCUT2D eigenvalue weighted by molar-refractivity contribution is -0.132. The van der Waals surface area contributed by atoms with Gasteiger partial charge in [-0.3, -0.25) is 9.69 Å². The van der Waals surface area contributed by atoms with Gasteiger partial charge in [0.1, 0.15) is 0 Å². The fourth-order valence-electron chi connectivity index (χ4n) is 2.72. The summed E-state index contributed by atoms with van der Waals surface area (Å²) in [6.07, 6.45) is 7.93. The average molecular weight is 240 g/mol. The Labute approximate surface area is 106 Å². The molecule has 17 heavy (non-hydrogen) atoms. The Kier molecular flexibility index (Phi) is 6.56. The number of carbonyl (C=O) groups excluding carboxylic acids is 1. The zero-order valence-electron chi connectivity index (χ0n) is 11.7. The minimum absolute atomic E-state index is 0.279. The number of nitrogens with zero attached hydrogens (tertiary/aromatic N) is 2. The number of hydrogen-bond donors (Lipinski definition) is 0. The third kappa shape index (κ3) is 4.66. The van der Waals surface area contributed by atoms with Crippen LogP contribution in [0.2, 0.25) is 0 Å². The standard InChI is InChI=1S/C14H28N2O/c1-4-16(5-2)14(17)12-15(3)13-10-8-6-7-9-11-13/h13H,4-12H2,1-3H3. The zero-order valence-corrected chi connectivity index (χ0v) is 11.7. The molecule has 1 fully saturated rings. The first-order valence-electron chi connectivity index (χ1n) is 7.17. The van der Waals surface area contributed by atoms with Gasteiger partial charge in [0.15, 0.2) is 0 Å². The van der Waals surface area contributed by atoms with Crippen LogP contribution in [0.15, 0.2) is 0 Å². The number of rotatable bonds is 5. The third-order valence-corrected chi connectivity index (χ3v) is 3.95. The summed E-state index contributed by atoms with van der Waals surface area (Å²) in [6.45, 7) is 6.34. The largest absolute Gasteiger partial charge is 0.342 e. The Morgan fingerprint density at radius 3 is 2.06 bits per heavy atom. The first kappa shape index (κ1) is 14.5. The van der Waals surface area contributed by atoms with Crippen molar-refractivity contribution < 1.29 is 4.79 Å². The van der Waals surface area contributed by atoms with Gasteiger partial charge in [-0.05, 0) is 33.7 Å². The molecule has 0 spiro atoms. The van der Waals surface area contributed by atoms with Crippen LogP contribution in [-0.4, -0.2) is 48.4 Å². The van der Waals surface area contributed by atoms with Gasteiger partial charge in [-0.25, -0.2) is 0 Å². The molecule has 0 N–H and O–H groups in total. The van der Waals surface area contributed by atoms with Crippen LogP contribution in [0.25, 0.3) is 0 Å². The molecule has 100 valence electrons. The van der Waals surface area contributed by atoms with Gasteiger partial charge in [-0.15, -0.1) is 0 Å². The monoisotopic (exact) mass is 240 g/mol. The van der Waals surface area contributed by atoms with Crippen molar-refractivity contribution in [1.29, 1.82) is 0 Å². The second-order valence-electron chi connectivity index (χ2n) is 5.13. The molecule has 0 atom stereocenters. The predicted octanol–water partition coefficient (Wildman–Crippen LogP) is 2.51. The van der Waals surface area contributed by atoms with Gasteiger partial charge in [0.25, 0.3) is 0 Å². The highest BCUT2D eigenvalue weighted by molar-refractivity contribution is 5.78. The van der Waals surface area contributed by atoms with Gasteiger partial charge in [-0.2, -0.15) is 0 Å². The van der Waals surface area contributed by atoms with Crippen molar-refractivity contribution in [2.45, 2.75) is 58.4 Å². The molecule has 0 unspecified atom stereocenters. The van der Waals surface area contributed by atoms with Gasteiger partial charge in [-0.1, -0.05) is 25.7 Å². The van der Waals surface area contributed by atoms with Crippen molar-refractivity contribution >= 4 is 5.91 Å². The van der Waals surface area contributed by atoms with E-state index in [-0.39, 0.29) is 5.91 Å². The first-order valence-corrected chi connectivity index (χ1v) is 7.17. The van der Waals surface area contributed by atoms with E-state index in [0.29, 0.717) is 12.6 Å². The van der Waals surface area contributed by atoms with Crippen LogP contribution < -0.4 is 0 Å². The number of carbonyl (C=O) groups is 1. The second-order valence-corrected chi connectivity index (χ2v) is 5.13. The lowest BCUT2D eigenvalue weighted by Crippen LogP contribution is -2.42. The Morgan fingerprint density at radius 1 is 1.06 bits per heavy atom. The molecule has 0 bridgehead atoms. The Morgan fingerprint density at radius 2 is 1.59 bits per heavy atom. The lowest BCUT2D eigenvalue weighted by Gasteiger charge is -2.29. The topological polar surface area (TPSA) is 23.6 Å². The van der Waals surface area contributed by atoms with Crippen LogP contribution >= 0.6 is 0 Å². The molecule has 1 rings (SSSR count). The third-order valence-electron chi connectivity index (χ3n) is 3.95. The van der Waals surface area contributed by atoms with Crippen molar-refractivity contribution in [3.05, 3.63) is 0 Å². The summed E-state index contributed by atoms with van der Waals surface area (Å²) in [6, 6.07) is 0.622. The van der Waals surface area contributed by atoms with Crippen LogP contribution in [0.1, 0.15) is 52.4 Å². The number of amides is 1. The van der Waals surface area contributed by atoms with E-state index in [1.54, 1.807) is 0 Å². The van der Waals surface area contributed by atoms with E-state index in [0.717, 1.165) is 13.1 Å². The Hall–Kier alpha value is -0.570. The summed E-state index contributed by atoms with van der Waals surface area (Å²) < 4.78 is 0. The van der Waals surface area contributed by atoms with E-state index in [2.05, 4.69) is 11.9 Å². The van der Waals surface area contributed by atoms with Gasteiger partial charge in [0.2, 0.25) is 5.91 Å². The normalized spacial score (nSPS) is 18.1. The van der Waals surface area contributed by atoms with Crippen LogP contribution in [0.3, 0.4) is 0 Å². The molecule has 1 aliphatic carbocycles. The summed E-state index contributed by atoms with van der Waals surface area (Å²) >= 11 is 0. The van der Waals surface area contributed by atoms with Gasteiger partial charge < -0.3 is 4.90 Å². The molecule has 1 saturated carbocycles. The molecular formula is C14H28N2O. The number of likely N-dealkylation sites (N-methyl/N-ethyl adjacent to an activating group) is 2. The zero-order chi connectivity index (χ0) is 12.7. The summed E-state index contributed by atoms with van der Waals surface area (Å²) in [5.41, 5.74) is 0. The summed E-state index contributed by atoms with van der Waals surface area (Å²) in [4.78, 5) is 16.2. The fourth-order valence-corrected chi connectivity index (χ4v) is 2.72.